The minimum Gasteiger partial charge on any atom is -0.489 e. The standard InChI is InChI=1S/C17H19Br2NO/c1-3-20-12(2)16-10-15(19)8-9-17(16)21-11-13-4-6-14(18)7-5-13/h4-10,12,20H,3,11H2,1-2H3. The van der Waals surface area contributed by atoms with Crippen LogP contribution in [-0.4, -0.2) is 6.54 Å². The van der Waals surface area contributed by atoms with Crippen molar-refractivity contribution in [2.75, 3.05) is 6.54 Å². The summed E-state index contributed by atoms with van der Waals surface area (Å²) in [5, 5.41) is 3.43. The Bertz CT molecular complexity index is 584. The van der Waals surface area contributed by atoms with Crippen LogP contribution in [0, 0.1) is 0 Å². The molecule has 0 fully saturated rings. The Hall–Kier alpha value is -0.840. The maximum absolute atomic E-state index is 6.01. The highest BCUT2D eigenvalue weighted by Gasteiger charge is 2.11. The number of rotatable bonds is 6. The molecule has 2 rings (SSSR count). The van der Waals surface area contributed by atoms with Crippen molar-refractivity contribution in [3.05, 3.63) is 62.5 Å². The zero-order chi connectivity index (χ0) is 15.2. The van der Waals surface area contributed by atoms with Crippen molar-refractivity contribution in [3.63, 3.8) is 0 Å². The lowest BCUT2D eigenvalue weighted by Crippen LogP contribution is -2.18. The summed E-state index contributed by atoms with van der Waals surface area (Å²) in [6, 6.07) is 14.6. The summed E-state index contributed by atoms with van der Waals surface area (Å²) in [7, 11) is 0. The predicted octanol–water partition coefficient (Wildman–Crippen LogP) is 5.46. The molecule has 1 unspecified atom stereocenters. The smallest absolute Gasteiger partial charge is 0.124 e. The Morgan fingerprint density at radius 1 is 1.05 bits per heavy atom. The molecule has 0 aromatic heterocycles. The van der Waals surface area contributed by atoms with Gasteiger partial charge in [0.15, 0.2) is 0 Å². The van der Waals surface area contributed by atoms with Crippen LogP contribution in [0.4, 0.5) is 0 Å². The van der Waals surface area contributed by atoms with Crippen molar-refractivity contribution in [1.82, 2.24) is 5.32 Å². The van der Waals surface area contributed by atoms with Gasteiger partial charge in [-0.2, -0.15) is 0 Å². The van der Waals surface area contributed by atoms with Crippen LogP contribution >= 0.6 is 31.9 Å². The average molecular weight is 413 g/mol. The summed E-state index contributed by atoms with van der Waals surface area (Å²) in [5.74, 6) is 0.926. The second kappa shape index (κ2) is 7.97. The minimum atomic E-state index is 0.257. The molecule has 112 valence electrons. The SMILES string of the molecule is CCNC(C)c1cc(Br)ccc1OCc1ccc(Br)cc1. The van der Waals surface area contributed by atoms with Crippen molar-refractivity contribution >= 4 is 31.9 Å². The molecule has 0 spiro atoms. The first-order valence-corrected chi connectivity index (χ1v) is 8.59. The first kappa shape index (κ1) is 16.5. The zero-order valence-corrected chi connectivity index (χ0v) is 15.4. The molecule has 2 aromatic carbocycles. The lowest BCUT2D eigenvalue weighted by Gasteiger charge is -2.18. The van der Waals surface area contributed by atoms with E-state index in [1.54, 1.807) is 0 Å². The van der Waals surface area contributed by atoms with Gasteiger partial charge in [-0.3, -0.25) is 0 Å². The lowest BCUT2D eigenvalue weighted by atomic mass is 10.1. The van der Waals surface area contributed by atoms with E-state index in [-0.39, 0.29) is 6.04 Å². The van der Waals surface area contributed by atoms with E-state index in [4.69, 9.17) is 4.74 Å². The molecule has 1 atom stereocenters. The second-order valence-electron chi connectivity index (χ2n) is 4.88. The topological polar surface area (TPSA) is 21.3 Å². The Morgan fingerprint density at radius 2 is 1.71 bits per heavy atom. The van der Waals surface area contributed by atoms with E-state index in [0.717, 1.165) is 26.8 Å². The molecule has 0 bridgehead atoms. The summed E-state index contributed by atoms with van der Waals surface area (Å²) in [5.41, 5.74) is 2.33. The van der Waals surface area contributed by atoms with Gasteiger partial charge >= 0.3 is 0 Å². The Balaban J connectivity index is 2.13. The maximum atomic E-state index is 6.01. The first-order chi connectivity index (χ1) is 10.1. The molecule has 0 aliphatic rings. The third-order valence-corrected chi connectivity index (χ3v) is 4.28. The van der Waals surface area contributed by atoms with Gasteiger partial charge in [0.05, 0.1) is 0 Å². The fraction of sp³-hybridized carbons (Fsp3) is 0.294. The van der Waals surface area contributed by atoms with Gasteiger partial charge < -0.3 is 10.1 Å². The molecule has 21 heavy (non-hydrogen) atoms. The minimum absolute atomic E-state index is 0.257. The number of hydrogen-bond donors (Lipinski definition) is 1. The number of ether oxygens (including phenoxy) is 1. The van der Waals surface area contributed by atoms with Crippen LogP contribution in [0.3, 0.4) is 0 Å². The summed E-state index contributed by atoms with van der Waals surface area (Å²) < 4.78 is 8.16. The molecule has 0 saturated heterocycles. The molecule has 0 aliphatic carbocycles. The van der Waals surface area contributed by atoms with E-state index in [9.17, 15) is 0 Å². The van der Waals surface area contributed by atoms with Crippen molar-refractivity contribution in [1.29, 1.82) is 0 Å². The molecule has 1 N–H and O–H groups in total. The molecule has 0 radical (unpaired) electrons. The van der Waals surface area contributed by atoms with Gasteiger partial charge in [-0.05, 0) is 49.4 Å². The van der Waals surface area contributed by atoms with E-state index in [1.807, 2.05) is 24.3 Å². The van der Waals surface area contributed by atoms with Crippen molar-refractivity contribution in [2.45, 2.75) is 26.5 Å². The molecule has 4 heteroatoms. The summed E-state index contributed by atoms with van der Waals surface area (Å²) >= 11 is 6.97. The monoisotopic (exact) mass is 411 g/mol. The largest absolute Gasteiger partial charge is 0.489 e. The van der Waals surface area contributed by atoms with Crippen LogP contribution in [-0.2, 0) is 6.61 Å². The van der Waals surface area contributed by atoms with E-state index in [2.05, 4.69) is 69.2 Å². The van der Waals surface area contributed by atoms with Crippen molar-refractivity contribution in [2.24, 2.45) is 0 Å². The van der Waals surface area contributed by atoms with Crippen molar-refractivity contribution < 1.29 is 4.74 Å². The third-order valence-electron chi connectivity index (χ3n) is 3.26. The second-order valence-corrected chi connectivity index (χ2v) is 6.71. The highest BCUT2D eigenvalue weighted by atomic mass is 79.9. The van der Waals surface area contributed by atoms with E-state index < -0.39 is 0 Å². The normalized spacial score (nSPS) is 12.2. The van der Waals surface area contributed by atoms with E-state index in [0.29, 0.717) is 6.61 Å². The molecule has 2 nitrogen and oxygen atoms in total. The van der Waals surface area contributed by atoms with E-state index >= 15 is 0 Å². The quantitative estimate of drug-likeness (QED) is 0.679. The van der Waals surface area contributed by atoms with Gasteiger partial charge in [0, 0.05) is 20.6 Å². The van der Waals surface area contributed by atoms with Gasteiger partial charge in [0.1, 0.15) is 12.4 Å². The average Bonchev–Trinajstić information content (AvgIpc) is 2.48. The summed E-state index contributed by atoms with van der Waals surface area (Å²) in [6.07, 6.45) is 0. The van der Waals surface area contributed by atoms with Gasteiger partial charge in [0.25, 0.3) is 0 Å². The first-order valence-electron chi connectivity index (χ1n) is 7.00. The zero-order valence-electron chi connectivity index (χ0n) is 12.2. The van der Waals surface area contributed by atoms with Gasteiger partial charge in [-0.15, -0.1) is 0 Å². The molecular formula is C17H19Br2NO. The maximum Gasteiger partial charge on any atom is 0.124 e. The van der Waals surface area contributed by atoms with Gasteiger partial charge in [0.2, 0.25) is 0 Å². The van der Waals surface area contributed by atoms with E-state index in [1.165, 1.54) is 5.56 Å². The van der Waals surface area contributed by atoms with Crippen LogP contribution in [0.5, 0.6) is 5.75 Å². The van der Waals surface area contributed by atoms with Crippen LogP contribution in [0.1, 0.15) is 31.0 Å². The van der Waals surface area contributed by atoms with Crippen LogP contribution in [0.2, 0.25) is 0 Å². The fourth-order valence-electron chi connectivity index (χ4n) is 2.15. The number of nitrogens with one attached hydrogen (secondary N) is 1. The summed E-state index contributed by atoms with van der Waals surface area (Å²) in [6.45, 7) is 5.76. The number of benzene rings is 2. The van der Waals surface area contributed by atoms with Gasteiger partial charge in [-0.25, -0.2) is 0 Å². The molecule has 0 saturated carbocycles. The Kier molecular flexibility index (Phi) is 6.27. The molecule has 0 aliphatic heterocycles. The number of halogens is 2. The lowest BCUT2D eigenvalue weighted by molar-refractivity contribution is 0.300. The Labute approximate surface area is 143 Å². The Morgan fingerprint density at radius 3 is 2.38 bits per heavy atom. The molecule has 2 aromatic rings. The third kappa shape index (κ3) is 4.83. The number of hydrogen-bond acceptors (Lipinski definition) is 2. The van der Waals surface area contributed by atoms with Crippen LogP contribution in [0.15, 0.2) is 51.4 Å². The summed E-state index contributed by atoms with van der Waals surface area (Å²) in [4.78, 5) is 0. The fourth-order valence-corrected chi connectivity index (χ4v) is 2.79. The van der Waals surface area contributed by atoms with Crippen LogP contribution in [0.25, 0.3) is 0 Å². The highest BCUT2D eigenvalue weighted by Crippen LogP contribution is 2.29. The molecule has 0 amide bonds. The predicted molar refractivity (Wildman–Crippen MR) is 94.7 cm³/mol. The van der Waals surface area contributed by atoms with Crippen molar-refractivity contribution in [3.8, 4) is 5.75 Å². The van der Waals surface area contributed by atoms with Gasteiger partial charge in [-0.1, -0.05) is 50.9 Å². The highest BCUT2D eigenvalue weighted by molar-refractivity contribution is 9.10. The molecule has 0 heterocycles. The molecular weight excluding hydrogens is 394 g/mol. The van der Waals surface area contributed by atoms with Crippen LogP contribution < -0.4 is 10.1 Å².